The molecule has 2 heteroatoms. The van der Waals surface area contributed by atoms with Crippen molar-refractivity contribution in [3.63, 3.8) is 0 Å². The number of nitrogens with zero attached hydrogens (tertiary/aromatic N) is 2. The first-order valence-corrected chi connectivity index (χ1v) is 26.3. The molecule has 1 fully saturated rings. The largest absolute Gasteiger partial charge is 0.314 e. The number of para-hydroxylation sites is 3. The van der Waals surface area contributed by atoms with Crippen LogP contribution in [0.25, 0.3) is 51.3 Å². The highest BCUT2D eigenvalue weighted by Gasteiger charge is 2.46. The monoisotopic (exact) mass is 916 g/mol. The summed E-state index contributed by atoms with van der Waals surface area (Å²) >= 11 is 0. The van der Waals surface area contributed by atoms with Crippen LogP contribution in [0.15, 0.2) is 193 Å². The molecular weight excluding hydrogens is 857 g/mol. The van der Waals surface area contributed by atoms with E-state index in [-0.39, 0.29) is 16.2 Å². The normalized spacial score (nSPS) is 18.5. The van der Waals surface area contributed by atoms with Crippen molar-refractivity contribution in [1.29, 1.82) is 0 Å². The molecule has 0 amide bonds. The van der Waals surface area contributed by atoms with Crippen LogP contribution in [0.2, 0.25) is 0 Å². The third-order valence-electron chi connectivity index (χ3n) is 17.8. The predicted octanol–water partition coefficient (Wildman–Crippen LogP) is 18.3. The quantitative estimate of drug-likeness (QED) is 0.159. The molecule has 1 saturated carbocycles. The van der Waals surface area contributed by atoms with Gasteiger partial charge in [-0.1, -0.05) is 198 Å². The van der Waals surface area contributed by atoms with Gasteiger partial charge >= 0.3 is 0 Å². The van der Waals surface area contributed by atoms with Gasteiger partial charge in [-0.2, -0.15) is 0 Å². The van der Waals surface area contributed by atoms with Crippen LogP contribution in [0.4, 0.5) is 22.7 Å². The highest BCUT2D eigenvalue weighted by atomic mass is 15.2. The summed E-state index contributed by atoms with van der Waals surface area (Å²) < 4.78 is 0. The van der Waals surface area contributed by atoms with E-state index in [1.807, 2.05) is 0 Å². The lowest BCUT2D eigenvalue weighted by Crippen LogP contribution is -2.34. The summed E-state index contributed by atoms with van der Waals surface area (Å²) in [4.78, 5) is 5.15. The van der Waals surface area contributed by atoms with Gasteiger partial charge in [-0.15, -0.1) is 0 Å². The zero-order valence-corrected chi connectivity index (χ0v) is 41.5. The van der Waals surface area contributed by atoms with Crippen LogP contribution < -0.4 is 9.80 Å². The van der Waals surface area contributed by atoms with Crippen molar-refractivity contribution in [2.45, 2.75) is 95.3 Å². The summed E-state index contributed by atoms with van der Waals surface area (Å²) in [6.07, 6.45) is 21.0. The average Bonchev–Trinajstić information content (AvgIpc) is 4.01. The number of benzene rings is 8. The molecule has 71 heavy (non-hydrogen) atoms. The third-order valence-corrected chi connectivity index (χ3v) is 17.8. The first kappa shape index (κ1) is 42.5. The summed E-state index contributed by atoms with van der Waals surface area (Å²) in [5.41, 5.74) is 27.4. The second-order valence-electron chi connectivity index (χ2n) is 22.2. The Balaban J connectivity index is 0.775. The van der Waals surface area contributed by atoms with Crippen molar-refractivity contribution in [3.05, 3.63) is 243 Å². The highest BCUT2D eigenvalue weighted by Crippen LogP contribution is 2.59. The molecule has 0 unspecified atom stereocenters. The Bertz CT molecular complexity index is 3620. The molecule has 346 valence electrons. The van der Waals surface area contributed by atoms with Gasteiger partial charge in [0.15, 0.2) is 0 Å². The van der Waals surface area contributed by atoms with Crippen LogP contribution in [0.1, 0.15) is 123 Å². The highest BCUT2D eigenvalue weighted by molar-refractivity contribution is 6.02. The van der Waals surface area contributed by atoms with E-state index in [9.17, 15) is 0 Å². The van der Waals surface area contributed by atoms with Crippen molar-refractivity contribution in [3.8, 4) is 22.3 Å². The van der Waals surface area contributed by atoms with Crippen LogP contribution >= 0.6 is 0 Å². The van der Waals surface area contributed by atoms with Gasteiger partial charge in [0, 0.05) is 50.4 Å². The van der Waals surface area contributed by atoms with Crippen molar-refractivity contribution >= 4 is 51.8 Å². The summed E-state index contributed by atoms with van der Waals surface area (Å²) in [6.45, 7) is 9.54. The van der Waals surface area contributed by atoms with Crippen molar-refractivity contribution in [2.75, 3.05) is 9.80 Å². The number of hydrogen-bond acceptors (Lipinski definition) is 2. The van der Waals surface area contributed by atoms with E-state index in [4.69, 9.17) is 0 Å². The molecule has 0 saturated heterocycles. The molecule has 14 rings (SSSR count). The van der Waals surface area contributed by atoms with Gasteiger partial charge in [-0.05, 0) is 164 Å². The first-order valence-electron chi connectivity index (χ1n) is 26.3. The molecule has 0 N–H and O–H groups in total. The van der Waals surface area contributed by atoms with E-state index in [0.29, 0.717) is 0 Å². The molecule has 1 spiro atoms. The summed E-state index contributed by atoms with van der Waals surface area (Å²) in [5, 5.41) is 2.58. The molecular formula is C69H60N2. The maximum absolute atomic E-state index is 2.61. The summed E-state index contributed by atoms with van der Waals surface area (Å²) in [5.74, 6) is 0. The Kier molecular flexibility index (Phi) is 9.44. The lowest BCUT2D eigenvalue weighted by Gasteiger charge is -2.44. The smallest absolute Gasteiger partial charge is 0.0499 e. The van der Waals surface area contributed by atoms with Crippen LogP contribution in [0.3, 0.4) is 0 Å². The molecule has 2 aliphatic heterocycles. The maximum atomic E-state index is 2.61. The van der Waals surface area contributed by atoms with E-state index >= 15 is 0 Å². The van der Waals surface area contributed by atoms with Gasteiger partial charge < -0.3 is 9.80 Å². The predicted molar refractivity (Wildman–Crippen MR) is 300 cm³/mol. The van der Waals surface area contributed by atoms with Crippen LogP contribution in [-0.2, 0) is 22.7 Å². The van der Waals surface area contributed by atoms with E-state index in [0.717, 1.165) is 25.7 Å². The lowest BCUT2D eigenvalue weighted by molar-refractivity contribution is 0.549. The number of hydrogen-bond donors (Lipinski definition) is 0. The van der Waals surface area contributed by atoms with Gasteiger partial charge in [0.1, 0.15) is 0 Å². The van der Waals surface area contributed by atoms with E-state index in [1.54, 1.807) is 0 Å². The van der Waals surface area contributed by atoms with E-state index in [1.165, 1.54) is 148 Å². The fraction of sp³-hybridized carbons (Fsp3) is 0.217. The molecule has 2 nitrogen and oxygen atoms in total. The Morgan fingerprint density at radius 3 is 1.87 bits per heavy atom. The Morgan fingerprint density at radius 2 is 1.13 bits per heavy atom. The summed E-state index contributed by atoms with van der Waals surface area (Å²) in [6, 6.07) is 62.7. The zero-order chi connectivity index (χ0) is 47.6. The van der Waals surface area contributed by atoms with Gasteiger partial charge in [0.05, 0.1) is 0 Å². The fourth-order valence-electron chi connectivity index (χ4n) is 14.2. The third kappa shape index (κ3) is 6.32. The van der Waals surface area contributed by atoms with Crippen LogP contribution in [-0.4, -0.2) is 0 Å². The second kappa shape index (κ2) is 15.8. The number of aryl methyl sites for hydroxylation is 1. The fourth-order valence-corrected chi connectivity index (χ4v) is 14.2. The van der Waals surface area contributed by atoms with E-state index < -0.39 is 0 Å². The Hall–Kier alpha value is -7.42. The molecule has 2 heterocycles. The SMILES string of the molecule is CC1(C)C2=C(CCC=C2)N(c2ccc3c(c2)C2(CCCC2)c2cc(/C=C/c4ccc(-c5ccc6c(c5)CCC(N5c7ccccc7C(C)(C)c7ccccc75)=C6)c5ccccc45)ccc2-3)c2ccccc21. The van der Waals surface area contributed by atoms with Gasteiger partial charge in [-0.25, -0.2) is 0 Å². The first-order chi connectivity index (χ1) is 34.7. The summed E-state index contributed by atoms with van der Waals surface area (Å²) in [7, 11) is 0. The van der Waals surface area contributed by atoms with Gasteiger partial charge in [0.25, 0.3) is 0 Å². The minimum absolute atomic E-state index is 0.0306. The van der Waals surface area contributed by atoms with Crippen molar-refractivity contribution < 1.29 is 0 Å². The van der Waals surface area contributed by atoms with Crippen LogP contribution in [0, 0.1) is 0 Å². The number of fused-ring (bicyclic) bond motifs is 10. The second-order valence-corrected chi connectivity index (χ2v) is 22.2. The Labute approximate surface area is 420 Å². The van der Waals surface area contributed by atoms with Gasteiger partial charge in [0.2, 0.25) is 0 Å². The zero-order valence-electron chi connectivity index (χ0n) is 41.5. The molecule has 0 bridgehead atoms. The molecule has 8 aromatic rings. The van der Waals surface area contributed by atoms with Crippen molar-refractivity contribution in [2.24, 2.45) is 0 Å². The average molecular weight is 917 g/mol. The molecule has 8 aromatic carbocycles. The molecule has 4 aliphatic carbocycles. The minimum Gasteiger partial charge on any atom is -0.314 e. The van der Waals surface area contributed by atoms with Crippen LogP contribution in [0.5, 0.6) is 0 Å². The lowest BCUT2D eigenvalue weighted by atomic mass is 9.71. The van der Waals surface area contributed by atoms with Gasteiger partial charge in [-0.3, -0.25) is 0 Å². The molecule has 6 aliphatic rings. The number of anilines is 4. The topological polar surface area (TPSA) is 6.48 Å². The number of rotatable bonds is 5. The maximum Gasteiger partial charge on any atom is 0.0499 e. The molecule has 0 atom stereocenters. The number of allylic oxidation sites excluding steroid dienone is 5. The molecule has 0 aromatic heterocycles. The minimum atomic E-state index is -0.0605. The van der Waals surface area contributed by atoms with E-state index in [2.05, 4.69) is 232 Å². The molecule has 0 radical (unpaired) electrons. The standard InChI is InChI=1S/C69H60N2/c1-67(2)57-19-7-11-23-63(57)70(64-24-12-8-20-58(64)67)50-34-32-47-42-49(31-30-48(47)43-50)53-37-33-46(52-17-5-6-18-54(52)53)29-27-45-28-36-55-56-38-35-51(44-62(56)69(61(55)41-45)39-15-16-40-69)71-65-25-13-9-21-59(65)68(3,4)60-22-10-14-26-66(60)71/h5-13,17-25,27-31,33,35-38,41-44H,14-16,26,32,34,39-40H2,1-4H3/b29-27+. The van der Waals surface area contributed by atoms with Crippen molar-refractivity contribution in [1.82, 2.24) is 0 Å². The Morgan fingerprint density at radius 1 is 0.493 bits per heavy atom.